The van der Waals surface area contributed by atoms with Crippen molar-refractivity contribution in [3.63, 3.8) is 0 Å². The van der Waals surface area contributed by atoms with Gasteiger partial charge in [0, 0.05) is 57.2 Å². The van der Waals surface area contributed by atoms with Crippen LogP contribution in [0.4, 0.5) is 0 Å². The van der Waals surface area contributed by atoms with Crippen LogP contribution in [0.1, 0.15) is 57.5 Å². The van der Waals surface area contributed by atoms with E-state index in [1.165, 1.54) is 32.7 Å². The first-order valence-electron chi connectivity index (χ1n) is 15.2. The summed E-state index contributed by atoms with van der Waals surface area (Å²) in [5.74, 6) is 0.110. The maximum atomic E-state index is 13.3. The summed E-state index contributed by atoms with van der Waals surface area (Å²) in [6, 6.07) is 35.6. The predicted molar refractivity (Wildman–Crippen MR) is 190 cm³/mol. The van der Waals surface area contributed by atoms with Gasteiger partial charge in [0.25, 0.3) is 11.8 Å². The number of nitrogens with zero attached hydrogens (tertiary/aromatic N) is 2. The van der Waals surface area contributed by atoms with Gasteiger partial charge < -0.3 is 10.6 Å². The van der Waals surface area contributed by atoms with Crippen LogP contribution in [0, 0.1) is 0 Å². The van der Waals surface area contributed by atoms with Crippen LogP contribution in [0.3, 0.4) is 0 Å². The lowest BCUT2D eigenvalue weighted by molar-refractivity contribution is 0.0943. The summed E-state index contributed by atoms with van der Waals surface area (Å²) in [5.41, 5.74) is 5.15. The molecule has 0 saturated carbocycles. The minimum Gasteiger partial charge on any atom is -0.351 e. The van der Waals surface area contributed by atoms with Crippen LogP contribution in [0.15, 0.2) is 131 Å². The Labute approximate surface area is 276 Å². The van der Waals surface area contributed by atoms with Gasteiger partial charge in [-0.05, 0) is 59.4 Å². The molecule has 6 aromatic rings. The van der Waals surface area contributed by atoms with Gasteiger partial charge in [-0.2, -0.15) is 0 Å². The Morgan fingerprint density at radius 3 is 1.41 bits per heavy atom. The summed E-state index contributed by atoms with van der Waals surface area (Å²) in [6.45, 7) is 5.27. The molecule has 0 spiro atoms. The van der Waals surface area contributed by atoms with Crippen molar-refractivity contribution in [3.8, 4) is 0 Å². The number of pyridine rings is 2. The van der Waals surface area contributed by atoms with Crippen LogP contribution < -0.4 is 10.6 Å². The number of hydrogen-bond acceptors (Lipinski definition) is 6. The van der Waals surface area contributed by atoms with Gasteiger partial charge in [-0.1, -0.05) is 108 Å². The van der Waals surface area contributed by atoms with Crippen LogP contribution >= 0.6 is 21.6 Å². The molecule has 2 unspecified atom stereocenters. The van der Waals surface area contributed by atoms with Gasteiger partial charge in [0.15, 0.2) is 0 Å². The normalized spacial score (nSPS) is 12.5. The number of amides is 2. The molecule has 2 N–H and O–H groups in total. The average Bonchev–Trinajstić information content (AvgIpc) is 3.11. The molecule has 0 aliphatic carbocycles. The number of nitrogens with one attached hydrogen (secondary N) is 2. The molecule has 6 nitrogen and oxygen atoms in total. The predicted octanol–water partition coefficient (Wildman–Crippen LogP) is 8.65. The lowest BCUT2D eigenvalue weighted by atomic mass is 10.0. The highest BCUT2D eigenvalue weighted by atomic mass is 33.1. The maximum absolute atomic E-state index is 13.3. The van der Waals surface area contributed by atoms with E-state index in [0.717, 1.165) is 31.6 Å². The Morgan fingerprint density at radius 2 is 1.00 bits per heavy atom. The van der Waals surface area contributed by atoms with Crippen LogP contribution in [0.2, 0.25) is 0 Å². The van der Waals surface area contributed by atoms with E-state index in [-0.39, 0.29) is 23.7 Å². The molecule has 6 rings (SSSR count). The molecule has 230 valence electrons. The van der Waals surface area contributed by atoms with Crippen LogP contribution in [0.5, 0.6) is 0 Å². The summed E-state index contributed by atoms with van der Waals surface area (Å²) >= 11 is 0. The van der Waals surface area contributed by atoms with Crippen LogP contribution in [0.25, 0.3) is 21.8 Å². The summed E-state index contributed by atoms with van der Waals surface area (Å²) in [5, 5.41) is 7.99. The van der Waals surface area contributed by atoms with Gasteiger partial charge >= 0.3 is 0 Å². The molecule has 2 aromatic heterocycles. The van der Waals surface area contributed by atoms with Crippen LogP contribution in [-0.4, -0.2) is 34.9 Å². The van der Waals surface area contributed by atoms with Crippen molar-refractivity contribution in [3.05, 3.63) is 144 Å². The lowest BCUT2D eigenvalue weighted by Crippen LogP contribution is -2.27. The fourth-order valence-corrected chi connectivity index (χ4v) is 7.62. The van der Waals surface area contributed by atoms with Crippen molar-refractivity contribution in [1.82, 2.24) is 20.6 Å². The third-order valence-corrected chi connectivity index (χ3v) is 10.4. The molecule has 2 amide bonds. The smallest absolute Gasteiger partial charge is 0.251 e. The Morgan fingerprint density at radius 1 is 0.587 bits per heavy atom. The first kappa shape index (κ1) is 31.3. The zero-order valence-corrected chi connectivity index (χ0v) is 27.3. The zero-order chi connectivity index (χ0) is 31.9. The standard InChI is InChI=1S/C38H34N4O2S2/c1-25(27-11-5-3-6-12-27)23-41-37(43)31-19-29-15-9-17-39-35(29)33(21-31)45-46-34-22-32(20-30-16-10-18-40-36(30)34)38(44)42-24-26(2)28-13-7-4-8-14-28/h3-22,25-26H,23-24H2,1-2H3,(H,41,43)(H,42,44). The van der Waals surface area contributed by atoms with E-state index >= 15 is 0 Å². The molecule has 2 atom stereocenters. The topological polar surface area (TPSA) is 84.0 Å². The molecular formula is C38H34N4O2S2. The van der Waals surface area contributed by atoms with Gasteiger partial charge in [0.2, 0.25) is 0 Å². The number of fused-ring (bicyclic) bond motifs is 2. The minimum absolute atomic E-state index is 0.129. The molecule has 4 aromatic carbocycles. The molecular weight excluding hydrogens is 609 g/mol. The summed E-state index contributed by atoms with van der Waals surface area (Å²) in [6.07, 6.45) is 3.52. The first-order valence-corrected chi connectivity index (χ1v) is 17.4. The average molecular weight is 643 g/mol. The second kappa shape index (κ2) is 14.6. The summed E-state index contributed by atoms with van der Waals surface area (Å²) < 4.78 is 0. The molecule has 0 aliphatic heterocycles. The Hall–Kier alpha value is -4.66. The van der Waals surface area contributed by atoms with Gasteiger partial charge in [0.05, 0.1) is 11.0 Å². The molecule has 0 radical (unpaired) electrons. The molecule has 46 heavy (non-hydrogen) atoms. The molecule has 0 fully saturated rings. The van der Waals surface area contributed by atoms with Crippen molar-refractivity contribution in [1.29, 1.82) is 0 Å². The third kappa shape index (κ3) is 7.41. The lowest BCUT2D eigenvalue weighted by Gasteiger charge is -2.15. The number of benzene rings is 4. The Kier molecular flexibility index (Phi) is 9.96. The number of carbonyl (C=O) groups is 2. The summed E-state index contributed by atoms with van der Waals surface area (Å²) in [7, 11) is 3.02. The fraction of sp³-hybridized carbons (Fsp3) is 0.158. The highest BCUT2D eigenvalue weighted by Gasteiger charge is 2.17. The van der Waals surface area contributed by atoms with Crippen molar-refractivity contribution in [2.45, 2.75) is 35.5 Å². The van der Waals surface area contributed by atoms with Crippen molar-refractivity contribution < 1.29 is 9.59 Å². The zero-order valence-electron chi connectivity index (χ0n) is 25.6. The molecule has 2 heterocycles. The van der Waals surface area contributed by atoms with E-state index in [4.69, 9.17) is 0 Å². The monoisotopic (exact) mass is 642 g/mol. The van der Waals surface area contributed by atoms with Gasteiger partial charge in [-0.15, -0.1) is 0 Å². The molecule has 0 bridgehead atoms. The van der Waals surface area contributed by atoms with E-state index in [2.05, 4.69) is 58.7 Å². The Balaban J connectivity index is 1.22. The van der Waals surface area contributed by atoms with E-state index in [0.29, 0.717) is 24.2 Å². The highest BCUT2D eigenvalue weighted by molar-refractivity contribution is 8.76. The van der Waals surface area contributed by atoms with Crippen LogP contribution in [-0.2, 0) is 0 Å². The highest BCUT2D eigenvalue weighted by Crippen LogP contribution is 2.43. The second-order valence-corrected chi connectivity index (χ2v) is 13.5. The van der Waals surface area contributed by atoms with Crippen molar-refractivity contribution in [2.24, 2.45) is 0 Å². The molecule has 8 heteroatoms. The number of rotatable bonds is 11. The van der Waals surface area contributed by atoms with Gasteiger partial charge in [0.1, 0.15) is 0 Å². The third-order valence-electron chi connectivity index (χ3n) is 7.96. The van der Waals surface area contributed by atoms with Crippen molar-refractivity contribution >= 4 is 55.2 Å². The first-order chi connectivity index (χ1) is 22.5. The largest absolute Gasteiger partial charge is 0.351 e. The SMILES string of the molecule is CC(CNC(=O)c1cc(SSc2cc(C(=O)NCC(C)c3ccccc3)cc3cccnc23)c2ncccc2c1)c1ccccc1. The number of carbonyl (C=O) groups excluding carboxylic acids is 2. The maximum Gasteiger partial charge on any atom is 0.251 e. The number of aromatic nitrogens is 2. The quantitative estimate of drug-likeness (QED) is 0.138. The van der Waals surface area contributed by atoms with E-state index in [9.17, 15) is 9.59 Å². The second-order valence-electron chi connectivity index (χ2n) is 11.3. The van der Waals surface area contributed by atoms with Gasteiger partial charge in [-0.3, -0.25) is 19.6 Å². The fourth-order valence-electron chi connectivity index (χ4n) is 5.29. The van der Waals surface area contributed by atoms with Gasteiger partial charge in [-0.25, -0.2) is 0 Å². The minimum atomic E-state index is -0.129. The molecule has 0 aliphatic rings. The summed E-state index contributed by atoms with van der Waals surface area (Å²) in [4.78, 5) is 37.7. The van der Waals surface area contributed by atoms with Crippen molar-refractivity contribution in [2.75, 3.05) is 13.1 Å². The van der Waals surface area contributed by atoms with E-state index < -0.39 is 0 Å². The van der Waals surface area contributed by atoms with E-state index in [1.54, 1.807) is 12.4 Å². The Bertz CT molecular complexity index is 1840. The van der Waals surface area contributed by atoms with E-state index in [1.807, 2.05) is 84.9 Å². The molecule has 0 saturated heterocycles. The number of hydrogen-bond donors (Lipinski definition) is 2.